The van der Waals surface area contributed by atoms with E-state index in [-0.39, 0.29) is 5.70 Å². The predicted molar refractivity (Wildman–Crippen MR) is 55.4 cm³/mol. The highest BCUT2D eigenvalue weighted by Crippen LogP contribution is 2.07. The van der Waals surface area contributed by atoms with E-state index in [0.717, 1.165) is 0 Å². The van der Waals surface area contributed by atoms with Crippen molar-refractivity contribution in [1.82, 2.24) is 5.32 Å². The van der Waals surface area contributed by atoms with E-state index in [4.69, 9.17) is 9.84 Å². The first-order valence-corrected chi connectivity index (χ1v) is 4.69. The maximum absolute atomic E-state index is 11.2. The molecule has 5 nitrogen and oxygen atoms in total. The zero-order valence-corrected chi connectivity index (χ0v) is 9.46. The van der Waals surface area contributed by atoms with Crippen molar-refractivity contribution in [3.8, 4) is 0 Å². The van der Waals surface area contributed by atoms with Gasteiger partial charge in [0.05, 0.1) is 0 Å². The highest BCUT2D eigenvalue weighted by Gasteiger charge is 2.18. The van der Waals surface area contributed by atoms with Crippen molar-refractivity contribution in [2.24, 2.45) is 0 Å². The summed E-state index contributed by atoms with van der Waals surface area (Å²) in [5.41, 5.74) is -0.799. The number of ether oxygens (including phenoxy) is 1. The van der Waals surface area contributed by atoms with Gasteiger partial charge in [-0.05, 0) is 27.2 Å². The molecular weight excluding hydrogens is 198 g/mol. The van der Waals surface area contributed by atoms with Gasteiger partial charge in [0.15, 0.2) is 0 Å². The summed E-state index contributed by atoms with van der Waals surface area (Å²) in [5.74, 6) is -1.18. The van der Waals surface area contributed by atoms with E-state index in [1.54, 1.807) is 27.7 Å². The first-order valence-electron chi connectivity index (χ1n) is 4.69. The molecule has 0 radical (unpaired) electrons. The van der Waals surface area contributed by atoms with Crippen LogP contribution in [0.15, 0.2) is 11.8 Å². The Hall–Kier alpha value is -1.52. The van der Waals surface area contributed by atoms with Crippen LogP contribution in [0.2, 0.25) is 0 Å². The summed E-state index contributed by atoms with van der Waals surface area (Å²) in [6, 6.07) is 0. The molecule has 0 aliphatic heterocycles. The summed E-state index contributed by atoms with van der Waals surface area (Å²) < 4.78 is 4.91. The molecule has 0 aliphatic carbocycles. The van der Waals surface area contributed by atoms with Gasteiger partial charge in [0, 0.05) is 0 Å². The molecular formula is C10H17NO4. The number of alkyl carbamates (subject to hydrolysis) is 1. The lowest BCUT2D eigenvalue weighted by molar-refractivity contribution is -0.133. The molecule has 0 fully saturated rings. The number of nitrogens with one attached hydrogen (secondary N) is 1. The topological polar surface area (TPSA) is 75.6 Å². The zero-order valence-electron chi connectivity index (χ0n) is 9.46. The largest absolute Gasteiger partial charge is 0.477 e. The second-order valence-electron chi connectivity index (χ2n) is 3.96. The molecule has 0 aromatic carbocycles. The van der Waals surface area contributed by atoms with Gasteiger partial charge in [-0.2, -0.15) is 0 Å². The number of rotatable bonds is 3. The normalized spacial score (nSPS) is 12.1. The molecule has 0 aromatic heterocycles. The SMILES string of the molecule is CCC=C(NC(=O)OC(C)(C)C)C(=O)O. The van der Waals surface area contributed by atoms with Crippen LogP contribution in [0.25, 0.3) is 0 Å². The third kappa shape index (κ3) is 6.54. The maximum Gasteiger partial charge on any atom is 0.412 e. The smallest absolute Gasteiger partial charge is 0.412 e. The number of carboxylic acids is 1. The van der Waals surface area contributed by atoms with E-state index >= 15 is 0 Å². The summed E-state index contributed by atoms with van der Waals surface area (Å²) in [6.45, 7) is 6.89. The van der Waals surface area contributed by atoms with Gasteiger partial charge in [-0.1, -0.05) is 13.0 Å². The molecule has 0 saturated heterocycles. The number of hydrogen-bond acceptors (Lipinski definition) is 3. The van der Waals surface area contributed by atoms with E-state index in [1.165, 1.54) is 6.08 Å². The Bertz CT molecular complexity index is 276. The first-order chi connectivity index (χ1) is 6.76. The fourth-order valence-corrected chi connectivity index (χ4v) is 0.809. The number of carbonyl (C=O) groups is 2. The van der Waals surface area contributed by atoms with Crippen LogP contribution in [0.5, 0.6) is 0 Å². The average molecular weight is 215 g/mol. The van der Waals surface area contributed by atoms with Gasteiger partial charge in [-0.3, -0.25) is 5.32 Å². The summed E-state index contributed by atoms with van der Waals surface area (Å²) in [5, 5.41) is 10.9. The Morgan fingerprint density at radius 3 is 2.27 bits per heavy atom. The van der Waals surface area contributed by atoms with Gasteiger partial charge in [0.1, 0.15) is 11.3 Å². The zero-order chi connectivity index (χ0) is 12.1. The monoisotopic (exact) mass is 215 g/mol. The van der Waals surface area contributed by atoms with E-state index < -0.39 is 17.7 Å². The van der Waals surface area contributed by atoms with Crippen molar-refractivity contribution in [3.05, 3.63) is 11.8 Å². The Morgan fingerprint density at radius 2 is 1.93 bits per heavy atom. The molecule has 15 heavy (non-hydrogen) atoms. The molecule has 2 N–H and O–H groups in total. The van der Waals surface area contributed by atoms with Crippen molar-refractivity contribution in [3.63, 3.8) is 0 Å². The van der Waals surface area contributed by atoms with Crippen LogP contribution < -0.4 is 5.32 Å². The lowest BCUT2D eigenvalue weighted by Gasteiger charge is -2.19. The Kier molecular flexibility index (Phi) is 4.84. The Balaban J connectivity index is 4.38. The van der Waals surface area contributed by atoms with Gasteiger partial charge in [-0.15, -0.1) is 0 Å². The van der Waals surface area contributed by atoms with Crippen molar-refractivity contribution < 1.29 is 19.4 Å². The lowest BCUT2D eigenvalue weighted by Crippen LogP contribution is -2.34. The summed E-state index contributed by atoms with van der Waals surface area (Å²) in [4.78, 5) is 21.9. The number of allylic oxidation sites excluding steroid dienone is 1. The minimum absolute atomic E-state index is 0.160. The highest BCUT2D eigenvalue weighted by atomic mass is 16.6. The van der Waals surface area contributed by atoms with Gasteiger partial charge < -0.3 is 9.84 Å². The van der Waals surface area contributed by atoms with Gasteiger partial charge in [0.25, 0.3) is 0 Å². The molecule has 0 spiro atoms. The van der Waals surface area contributed by atoms with Crippen molar-refractivity contribution >= 4 is 12.1 Å². The van der Waals surface area contributed by atoms with Crippen LogP contribution >= 0.6 is 0 Å². The first kappa shape index (κ1) is 13.5. The Labute approximate surface area is 89.1 Å². The molecule has 0 bridgehead atoms. The highest BCUT2D eigenvalue weighted by molar-refractivity contribution is 5.90. The molecule has 0 heterocycles. The van der Waals surface area contributed by atoms with Crippen molar-refractivity contribution in [2.75, 3.05) is 0 Å². The molecule has 86 valence electrons. The van der Waals surface area contributed by atoms with Crippen molar-refractivity contribution in [1.29, 1.82) is 0 Å². The lowest BCUT2D eigenvalue weighted by atomic mass is 10.2. The second kappa shape index (κ2) is 5.38. The number of aliphatic carboxylic acids is 1. The van der Waals surface area contributed by atoms with Crippen LogP contribution in [0, 0.1) is 0 Å². The molecule has 0 atom stereocenters. The van der Waals surface area contributed by atoms with E-state index in [2.05, 4.69) is 5.32 Å². The number of carboxylic acid groups (broad SMARTS) is 1. The second-order valence-corrected chi connectivity index (χ2v) is 3.96. The van der Waals surface area contributed by atoms with Crippen LogP contribution in [0.3, 0.4) is 0 Å². The third-order valence-corrected chi connectivity index (χ3v) is 1.27. The number of hydrogen-bond donors (Lipinski definition) is 2. The predicted octanol–water partition coefficient (Wildman–Crippen LogP) is 1.89. The van der Waals surface area contributed by atoms with E-state index in [0.29, 0.717) is 6.42 Å². The maximum atomic E-state index is 11.2. The quantitative estimate of drug-likeness (QED) is 0.705. The fraction of sp³-hybridized carbons (Fsp3) is 0.600. The van der Waals surface area contributed by atoms with Gasteiger partial charge >= 0.3 is 12.1 Å². The van der Waals surface area contributed by atoms with Crippen LogP contribution in [0.4, 0.5) is 4.79 Å². The molecule has 0 unspecified atom stereocenters. The summed E-state index contributed by atoms with van der Waals surface area (Å²) >= 11 is 0. The molecule has 0 rings (SSSR count). The molecule has 0 aliphatic rings. The molecule has 0 aromatic rings. The number of amides is 1. The standard InChI is InChI=1S/C10H17NO4/c1-5-6-7(8(12)13)11-9(14)15-10(2,3)4/h6H,5H2,1-4H3,(H,11,14)(H,12,13). The Morgan fingerprint density at radius 1 is 1.40 bits per heavy atom. The molecule has 5 heteroatoms. The number of carbonyl (C=O) groups excluding carboxylic acids is 1. The average Bonchev–Trinajstić information content (AvgIpc) is 1.99. The van der Waals surface area contributed by atoms with E-state index in [1.807, 2.05) is 0 Å². The minimum atomic E-state index is -1.18. The van der Waals surface area contributed by atoms with Crippen LogP contribution in [-0.4, -0.2) is 22.8 Å². The van der Waals surface area contributed by atoms with E-state index in [9.17, 15) is 9.59 Å². The molecule has 1 amide bonds. The van der Waals surface area contributed by atoms with Gasteiger partial charge in [0.2, 0.25) is 0 Å². The minimum Gasteiger partial charge on any atom is -0.477 e. The summed E-state index contributed by atoms with van der Waals surface area (Å²) in [7, 11) is 0. The fourth-order valence-electron chi connectivity index (χ4n) is 0.809. The molecule has 0 saturated carbocycles. The van der Waals surface area contributed by atoms with Crippen LogP contribution in [-0.2, 0) is 9.53 Å². The summed E-state index contributed by atoms with van der Waals surface area (Å²) in [6.07, 6.45) is 1.17. The van der Waals surface area contributed by atoms with Gasteiger partial charge in [-0.25, -0.2) is 9.59 Å². The third-order valence-electron chi connectivity index (χ3n) is 1.27. The van der Waals surface area contributed by atoms with Crippen LogP contribution in [0.1, 0.15) is 34.1 Å². The van der Waals surface area contributed by atoms with Crippen molar-refractivity contribution in [2.45, 2.75) is 39.7 Å².